The maximum atomic E-state index is 12.1. The molecule has 2 aromatic heterocycles. The van der Waals surface area contributed by atoms with Crippen molar-refractivity contribution in [3.05, 3.63) is 28.8 Å². The number of carboxylic acids is 1. The van der Waals surface area contributed by atoms with Crippen LogP contribution in [0.2, 0.25) is 0 Å². The lowest BCUT2D eigenvalue weighted by molar-refractivity contribution is 0.0692. The predicted octanol–water partition coefficient (Wildman–Crippen LogP) is 0.0691. The molecule has 0 aliphatic rings. The number of thiophene rings is 1. The second-order valence-corrected chi connectivity index (χ2v) is 6.09. The molecule has 0 aliphatic heterocycles. The highest BCUT2D eigenvalue weighted by molar-refractivity contribution is 7.93. The van der Waals surface area contributed by atoms with Gasteiger partial charge in [-0.25, -0.2) is 4.79 Å². The van der Waals surface area contributed by atoms with Gasteiger partial charge in [-0.15, -0.1) is 11.3 Å². The summed E-state index contributed by atoms with van der Waals surface area (Å²) in [5, 5.41) is 15.2. The van der Waals surface area contributed by atoms with Crippen LogP contribution in [-0.2, 0) is 10.0 Å². The quantitative estimate of drug-likeness (QED) is 0.611. The zero-order valence-electron chi connectivity index (χ0n) is 9.65. The Kier molecular flexibility index (Phi) is 3.46. The number of nitrogens with two attached hydrogens (primary N) is 1. The van der Waals surface area contributed by atoms with Gasteiger partial charge in [0.1, 0.15) is 10.6 Å². The Balaban J connectivity index is 2.41. The maximum absolute atomic E-state index is 12.1. The molecule has 2 aromatic rings. The smallest absolute Gasteiger partial charge is 0.340 e. The molecule has 0 atom stereocenters. The second kappa shape index (κ2) is 4.94. The summed E-state index contributed by atoms with van der Waals surface area (Å²) in [6.45, 7) is 0. The maximum Gasteiger partial charge on any atom is 0.340 e. The number of nitrogens with one attached hydrogen (secondary N) is 2. The van der Waals surface area contributed by atoms with Crippen molar-refractivity contribution in [3.63, 3.8) is 0 Å². The van der Waals surface area contributed by atoms with Crippen molar-refractivity contribution in [2.24, 2.45) is 5.73 Å². The van der Waals surface area contributed by atoms with E-state index in [1.54, 1.807) is 0 Å². The molecule has 0 unspecified atom stereocenters. The van der Waals surface area contributed by atoms with Gasteiger partial charge in [0.15, 0.2) is 5.03 Å². The number of hydrogen-bond donors (Lipinski definition) is 4. The summed E-state index contributed by atoms with van der Waals surface area (Å²) in [4.78, 5) is 22.0. The molecule has 20 heavy (non-hydrogen) atoms. The lowest BCUT2D eigenvalue weighted by Crippen LogP contribution is -2.19. The van der Waals surface area contributed by atoms with Crippen LogP contribution in [0, 0.1) is 0 Å². The molecule has 0 saturated heterocycles. The van der Waals surface area contributed by atoms with E-state index in [1.807, 2.05) is 0 Å². The van der Waals surface area contributed by atoms with Crippen LogP contribution in [-0.4, -0.2) is 35.6 Å². The van der Waals surface area contributed by atoms with Gasteiger partial charge in [-0.1, -0.05) is 0 Å². The first-order valence-corrected chi connectivity index (χ1v) is 7.36. The number of primary amides is 1. The summed E-state index contributed by atoms with van der Waals surface area (Å²) in [5.74, 6) is -2.24. The lowest BCUT2D eigenvalue weighted by Gasteiger charge is -2.06. The van der Waals surface area contributed by atoms with Crippen LogP contribution in [0.4, 0.5) is 5.00 Å². The van der Waals surface area contributed by atoms with Crippen molar-refractivity contribution < 1.29 is 23.1 Å². The van der Waals surface area contributed by atoms with Crippen molar-refractivity contribution in [2.45, 2.75) is 5.03 Å². The normalized spacial score (nSPS) is 11.2. The fourth-order valence-electron chi connectivity index (χ4n) is 1.39. The molecule has 5 N–H and O–H groups in total. The van der Waals surface area contributed by atoms with Gasteiger partial charge < -0.3 is 10.8 Å². The average molecular weight is 316 g/mol. The lowest BCUT2D eigenvalue weighted by atomic mass is 10.3. The van der Waals surface area contributed by atoms with Crippen LogP contribution in [0.1, 0.15) is 20.7 Å². The largest absolute Gasteiger partial charge is 0.478 e. The third kappa shape index (κ3) is 2.48. The van der Waals surface area contributed by atoms with Crippen LogP contribution in [0.3, 0.4) is 0 Å². The van der Waals surface area contributed by atoms with E-state index >= 15 is 0 Å². The fraction of sp³-hybridized carbons (Fsp3) is 0. The molecule has 0 saturated carbocycles. The van der Waals surface area contributed by atoms with Crippen molar-refractivity contribution >= 4 is 38.2 Å². The first-order valence-electron chi connectivity index (χ1n) is 4.99. The standard InChI is InChI=1S/C9H8N4O5S2/c10-6(14)4-1-2-19-7(4)13-20(17,18)8-5(9(15)16)3-11-12-8/h1-3,13H,(H2,10,14)(H,11,12)(H,15,16). The van der Waals surface area contributed by atoms with E-state index in [0.29, 0.717) is 0 Å². The number of hydrogen-bond acceptors (Lipinski definition) is 6. The Morgan fingerprint density at radius 3 is 2.70 bits per heavy atom. The Morgan fingerprint density at radius 1 is 1.40 bits per heavy atom. The third-order valence-electron chi connectivity index (χ3n) is 2.26. The summed E-state index contributed by atoms with van der Waals surface area (Å²) >= 11 is 0.943. The molecule has 0 spiro atoms. The molecule has 0 radical (unpaired) electrons. The van der Waals surface area contributed by atoms with Crippen LogP contribution in [0.15, 0.2) is 22.7 Å². The average Bonchev–Trinajstić information content (AvgIpc) is 2.94. The molecule has 0 bridgehead atoms. The summed E-state index contributed by atoms with van der Waals surface area (Å²) in [7, 11) is -4.22. The van der Waals surface area contributed by atoms with Crippen LogP contribution < -0.4 is 10.5 Å². The van der Waals surface area contributed by atoms with Crippen molar-refractivity contribution in [3.8, 4) is 0 Å². The Morgan fingerprint density at radius 2 is 2.10 bits per heavy atom. The third-order valence-corrected chi connectivity index (χ3v) is 4.54. The first kappa shape index (κ1) is 14.0. The highest BCUT2D eigenvalue weighted by Crippen LogP contribution is 2.26. The van der Waals surface area contributed by atoms with Gasteiger partial charge in [-0.2, -0.15) is 13.5 Å². The number of aromatic carboxylic acids is 1. The monoisotopic (exact) mass is 316 g/mol. The van der Waals surface area contributed by atoms with E-state index in [1.165, 1.54) is 11.4 Å². The van der Waals surface area contributed by atoms with Crippen LogP contribution in [0.5, 0.6) is 0 Å². The van der Waals surface area contributed by atoms with E-state index in [4.69, 9.17) is 10.8 Å². The van der Waals surface area contributed by atoms with E-state index in [9.17, 15) is 18.0 Å². The second-order valence-electron chi connectivity index (χ2n) is 3.55. The van der Waals surface area contributed by atoms with Gasteiger partial charge in [-0.05, 0) is 11.4 Å². The molecule has 106 valence electrons. The number of amides is 1. The molecule has 2 rings (SSSR count). The number of rotatable bonds is 5. The first-order chi connectivity index (χ1) is 9.33. The minimum atomic E-state index is -4.22. The molecule has 11 heteroatoms. The van der Waals surface area contributed by atoms with Crippen LogP contribution >= 0.6 is 11.3 Å². The summed E-state index contributed by atoms with van der Waals surface area (Å²) in [6.07, 6.45) is 0.875. The van der Waals surface area contributed by atoms with Gasteiger partial charge in [-0.3, -0.25) is 14.6 Å². The number of nitrogens with zero attached hydrogens (tertiary/aromatic N) is 1. The van der Waals surface area contributed by atoms with Crippen molar-refractivity contribution in [1.29, 1.82) is 0 Å². The summed E-state index contributed by atoms with van der Waals surface area (Å²) in [6, 6.07) is 1.36. The number of aromatic nitrogens is 2. The Hall–Kier alpha value is -2.40. The number of carbonyl (C=O) groups excluding carboxylic acids is 1. The van der Waals surface area contributed by atoms with E-state index in [2.05, 4.69) is 14.9 Å². The fourth-order valence-corrected chi connectivity index (χ4v) is 3.60. The zero-order valence-corrected chi connectivity index (χ0v) is 11.3. The Bertz CT molecular complexity index is 776. The number of carboxylic acid groups (broad SMARTS) is 1. The predicted molar refractivity (Wildman–Crippen MR) is 69.2 cm³/mol. The highest BCUT2D eigenvalue weighted by Gasteiger charge is 2.26. The number of H-pyrrole nitrogens is 1. The van der Waals surface area contributed by atoms with Crippen molar-refractivity contribution in [1.82, 2.24) is 10.2 Å². The molecule has 0 aliphatic carbocycles. The van der Waals surface area contributed by atoms with Crippen LogP contribution in [0.25, 0.3) is 0 Å². The molecule has 9 nitrogen and oxygen atoms in total. The molecule has 0 fully saturated rings. The van der Waals surface area contributed by atoms with E-state index in [0.717, 1.165) is 17.5 Å². The van der Waals surface area contributed by atoms with E-state index in [-0.39, 0.29) is 10.6 Å². The topological polar surface area (TPSA) is 155 Å². The van der Waals surface area contributed by atoms with Gasteiger partial charge in [0, 0.05) is 0 Å². The summed E-state index contributed by atoms with van der Waals surface area (Å²) in [5.41, 5.74) is 4.58. The van der Waals surface area contributed by atoms with Gasteiger partial charge in [0.05, 0.1) is 11.8 Å². The SMILES string of the molecule is NC(=O)c1ccsc1NS(=O)(=O)c1[nH]ncc1C(=O)O. The number of anilines is 1. The highest BCUT2D eigenvalue weighted by atomic mass is 32.2. The number of carbonyl (C=O) groups is 2. The molecular formula is C9H8N4O5S2. The van der Waals surface area contributed by atoms with Gasteiger partial charge in [0.2, 0.25) is 0 Å². The molecule has 0 aromatic carbocycles. The number of sulfonamides is 1. The molecular weight excluding hydrogens is 308 g/mol. The minimum Gasteiger partial charge on any atom is -0.478 e. The van der Waals surface area contributed by atoms with Gasteiger partial charge in [0.25, 0.3) is 15.9 Å². The Labute approximate surface area is 116 Å². The summed E-state index contributed by atoms with van der Waals surface area (Å²) < 4.78 is 26.2. The molecule has 1 amide bonds. The van der Waals surface area contributed by atoms with Gasteiger partial charge >= 0.3 is 5.97 Å². The zero-order chi connectivity index (χ0) is 14.9. The van der Waals surface area contributed by atoms with Crippen molar-refractivity contribution in [2.75, 3.05) is 4.72 Å². The van der Waals surface area contributed by atoms with E-state index < -0.39 is 32.5 Å². The molecule has 2 heterocycles. The minimum absolute atomic E-state index is 0.00318. The number of aromatic amines is 1.